The van der Waals surface area contributed by atoms with Gasteiger partial charge in [-0.05, 0) is 127 Å². The average molecular weight is 788 g/mol. The van der Waals surface area contributed by atoms with Crippen molar-refractivity contribution in [3.05, 3.63) is 223 Å². The molecule has 0 spiro atoms. The van der Waals surface area contributed by atoms with E-state index in [1.165, 1.54) is 98.3 Å². The van der Waals surface area contributed by atoms with Gasteiger partial charge in [0.2, 0.25) is 0 Å². The van der Waals surface area contributed by atoms with Gasteiger partial charge >= 0.3 is 0 Å². The Balaban J connectivity index is 0.915. The SMILES string of the molecule is CC1C=C(c2ccc(-c3ccccc3)cc2)C=CC1N(c1ccccc1)c1ccc2c(c1)C(C)(C)c1cc(-c3ccc4sc5ccc(-c6ccccc6)cc5c4c3)ccc1-2. The van der Waals surface area contributed by atoms with Crippen molar-refractivity contribution >= 4 is 48.5 Å². The molecule has 1 nitrogen and oxygen atoms in total. The molecule has 0 aliphatic heterocycles. The number of hydrogen-bond acceptors (Lipinski definition) is 2. The molecule has 11 rings (SSSR count). The van der Waals surface area contributed by atoms with Crippen LogP contribution in [0.2, 0.25) is 0 Å². The minimum atomic E-state index is -0.171. The molecule has 288 valence electrons. The summed E-state index contributed by atoms with van der Waals surface area (Å²) in [6.07, 6.45) is 7.18. The Hall–Kier alpha value is -6.74. The van der Waals surface area contributed by atoms with E-state index < -0.39 is 0 Å². The number of benzene rings is 8. The number of hydrogen-bond donors (Lipinski definition) is 0. The van der Waals surface area contributed by atoms with Crippen molar-refractivity contribution in [2.75, 3.05) is 4.90 Å². The van der Waals surface area contributed by atoms with Gasteiger partial charge in [0.1, 0.15) is 0 Å². The molecule has 1 aromatic heterocycles. The molecule has 0 fully saturated rings. The Labute approximate surface area is 357 Å². The van der Waals surface area contributed by atoms with Gasteiger partial charge in [0.05, 0.1) is 6.04 Å². The summed E-state index contributed by atoms with van der Waals surface area (Å²) in [5.74, 6) is 0.280. The van der Waals surface area contributed by atoms with Crippen molar-refractivity contribution in [2.45, 2.75) is 32.2 Å². The first-order valence-electron chi connectivity index (χ1n) is 21.1. The van der Waals surface area contributed by atoms with Crippen LogP contribution in [0, 0.1) is 5.92 Å². The van der Waals surface area contributed by atoms with Gasteiger partial charge in [0.15, 0.2) is 0 Å². The normalized spacial score (nSPS) is 16.4. The molecule has 2 unspecified atom stereocenters. The first-order valence-corrected chi connectivity index (χ1v) is 21.9. The van der Waals surface area contributed by atoms with Crippen molar-refractivity contribution in [1.29, 1.82) is 0 Å². The molecule has 0 radical (unpaired) electrons. The lowest BCUT2D eigenvalue weighted by atomic mass is 9.81. The van der Waals surface area contributed by atoms with Crippen molar-refractivity contribution < 1.29 is 0 Å². The lowest BCUT2D eigenvalue weighted by molar-refractivity contribution is 0.610. The van der Waals surface area contributed by atoms with Crippen LogP contribution in [0.3, 0.4) is 0 Å². The van der Waals surface area contributed by atoms with Gasteiger partial charge in [-0.1, -0.05) is 172 Å². The molecule has 0 amide bonds. The Morgan fingerprint density at radius 2 is 0.933 bits per heavy atom. The molecule has 0 N–H and O–H groups in total. The number of fused-ring (bicyclic) bond motifs is 6. The van der Waals surface area contributed by atoms with Crippen LogP contribution in [0.4, 0.5) is 11.4 Å². The molecular formula is C58H45NS. The Kier molecular flexibility index (Phi) is 8.79. The van der Waals surface area contributed by atoms with Crippen molar-refractivity contribution in [1.82, 2.24) is 0 Å². The Bertz CT molecular complexity index is 3120. The molecule has 2 aliphatic carbocycles. The van der Waals surface area contributed by atoms with Gasteiger partial charge in [0, 0.05) is 37.0 Å². The van der Waals surface area contributed by atoms with E-state index in [1.54, 1.807) is 0 Å². The van der Waals surface area contributed by atoms with Crippen LogP contribution in [-0.4, -0.2) is 6.04 Å². The summed E-state index contributed by atoms with van der Waals surface area (Å²) in [6.45, 7) is 7.16. The predicted octanol–water partition coefficient (Wildman–Crippen LogP) is 16.2. The highest BCUT2D eigenvalue weighted by molar-refractivity contribution is 7.25. The first-order chi connectivity index (χ1) is 29.4. The Morgan fingerprint density at radius 3 is 1.57 bits per heavy atom. The van der Waals surface area contributed by atoms with E-state index in [0.29, 0.717) is 0 Å². The van der Waals surface area contributed by atoms with Crippen molar-refractivity contribution in [3.63, 3.8) is 0 Å². The predicted molar refractivity (Wildman–Crippen MR) is 258 cm³/mol. The molecule has 1 heterocycles. The summed E-state index contributed by atoms with van der Waals surface area (Å²) in [5, 5.41) is 2.65. The second-order valence-electron chi connectivity index (χ2n) is 17.0. The van der Waals surface area contributed by atoms with Crippen LogP contribution < -0.4 is 4.90 Å². The minimum absolute atomic E-state index is 0.156. The second kappa shape index (κ2) is 14.5. The summed E-state index contributed by atoms with van der Waals surface area (Å²) < 4.78 is 2.66. The second-order valence-corrected chi connectivity index (χ2v) is 18.1. The van der Waals surface area contributed by atoms with Crippen LogP contribution in [0.15, 0.2) is 206 Å². The van der Waals surface area contributed by atoms with Gasteiger partial charge in [-0.25, -0.2) is 0 Å². The summed E-state index contributed by atoms with van der Waals surface area (Å²) in [6, 6.07) is 69.7. The van der Waals surface area contributed by atoms with Crippen LogP contribution in [0.25, 0.3) is 70.3 Å². The number of thiophene rings is 1. The van der Waals surface area contributed by atoms with Gasteiger partial charge in [-0.15, -0.1) is 11.3 Å². The smallest absolute Gasteiger partial charge is 0.0585 e. The van der Waals surface area contributed by atoms with Crippen molar-refractivity contribution in [3.8, 4) is 44.5 Å². The van der Waals surface area contributed by atoms with Crippen molar-refractivity contribution in [2.24, 2.45) is 5.92 Å². The first kappa shape index (κ1) is 36.3. The van der Waals surface area contributed by atoms with E-state index in [1.807, 2.05) is 11.3 Å². The zero-order chi connectivity index (χ0) is 40.4. The molecule has 2 aliphatic rings. The third kappa shape index (κ3) is 6.22. The van der Waals surface area contributed by atoms with Crippen LogP contribution in [-0.2, 0) is 5.41 Å². The molecule has 0 saturated heterocycles. The van der Waals surface area contributed by atoms with Gasteiger partial charge < -0.3 is 4.90 Å². The number of anilines is 2. The summed E-state index contributed by atoms with van der Waals surface area (Å²) in [7, 11) is 0. The number of rotatable bonds is 7. The molecule has 9 aromatic rings. The van der Waals surface area contributed by atoms with Crippen LogP contribution in [0.5, 0.6) is 0 Å². The summed E-state index contributed by atoms with van der Waals surface area (Å²) >= 11 is 1.88. The third-order valence-electron chi connectivity index (χ3n) is 13.0. The highest BCUT2D eigenvalue weighted by Gasteiger charge is 2.37. The lowest BCUT2D eigenvalue weighted by Crippen LogP contribution is -2.35. The van der Waals surface area contributed by atoms with Gasteiger partial charge in [-0.3, -0.25) is 0 Å². The lowest BCUT2D eigenvalue weighted by Gasteiger charge is -2.37. The molecule has 60 heavy (non-hydrogen) atoms. The fourth-order valence-corrected chi connectivity index (χ4v) is 10.8. The highest BCUT2D eigenvalue weighted by Crippen LogP contribution is 2.52. The van der Waals surface area contributed by atoms with E-state index in [9.17, 15) is 0 Å². The van der Waals surface area contributed by atoms with Gasteiger partial charge in [-0.2, -0.15) is 0 Å². The van der Waals surface area contributed by atoms with E-state index in [-0.39, 0.29) is 17.4 Å². The third-order valence-corrected chi connectivity index (χ3v) is 14.1. The fraction of sp³-hybridized carbons (Fsp3) is 0.103. The maximum Gasteiger partial charge on any atom is 0.0585 e. The minimum Gasteiger partial charge on any atom is -0.334 e. The van der Waals surface area contributed by atoms with Gasteiger partial charge in [0.25, 0.3) is 0 Å². The topological polar surface area (TPSA) is 3.24 Å². The molecule has 2 heteroatoms. The number of nitrogens with zero attached hydrogens (tertiary/aromatic N) is 1. The highest BCUT2D eigenvalue weighted by atomic mass is 32.1. The monoisotopic (exact) mass is 787 g/mol. The average Bonchev–Trinajstić information content (AvgIpc) is 3.78. The van der Waals surface area contributed by atoms with Crippen LogP contribution in [0.1, 0.15) is 37.5 Å². The molecule has 8 aromatic carbocycles. The van der Waals surface area contributed by atoms with E-state index in [4.69, 9.17) is 0 Å². The van der Waals surface area contributed by atoms with E-state index in [2.05, 4.69) is 232 Å². The standard InChI is InChI=1S/C58H45NS/c1-38-33-43(42-21-19-41(20-22-42)39-13-7-4-8-14-39)24-30-55(38)59(47-17-11-6-12-18-47)48-27-29-50-49-28-23-46(36-53(49)58(2,3)54(50)37-48)45-26-32-57-52(35-45)51-34-44(25-31-56(51)60-57)40-15-9-5-10-16-40/h4-38,55H,1-3H3. The number of allylic oxidation sites excluding steroid dienone is 2. The summed E-state index contributed by atoms with van der Waals surface area (Å²) in [5.41, 5.74) is 17.7. The van der Waals surface area contributed by atoms with E-state index in [0.717, 1.165) is 0 Å². The summed E-state index contributed by atoms with van der Waals surface area (Å²) in [4.78, 5) is 2.54. The molecule has 2 atom stereocenters. The molecule has 0 bridgehead atoms. The van der Waals surface area contributed by atoms with E-state index >= 15 is 0 Å². The molecule has 0 saturated carbocycles. The molecular weight excluding hydrogens is 743 g/mol. The Morgan fingerprint density at radius 1 is 0.450 bits per heavy atom. The quantitative estimate of drug-likeness (QED) is 0.155. The largest absolute Gasteiger partial charge is 0.334 e. The zero-order valence-electron chi connectivity index (χ0n) is 34.1. The van der Waals surface area contributed by atoms with Crippen LogP contribution >= 0.6 is 11.3 Å². The number of para-hydroxylation sites is 1. The maximum absolute atomic E-state index is 2.54. The maximum atomic E-state index is 2.54. The fourth-order valence-electron chi connectivity index (χ4n) is 9.72. The zero-order valence-corrected chi connectivity index (χ0v) is 35.0.